The van der Waals surface area contributed by atoms with Gasteiger partial charge in [-0.15, -0.1) is 0 Å². The van der Waals surface area contributed by atoms with Crippen molar-refractivity contribution in [2.75, 3.05) is 0 Å². The Morgan fingerprint density at radius 1 is 0.321 bits per heavy atom. The van der Waals surface area contributed by atoms with Gasteiger partial charge in [-0.1, -0.05) is 48.5 Å². The highest BCUT2D eigenvalue weighted by Gasteiger charge is 2.21. The minimum atomic E-state index is 0.846. The lowest BCUT2D eigenvalue weighted by atomic mass is 9.91. The Hall–Kier alpha value is -7.77. The van der Waals surface area contributed by atoms with E-state index in [1.165, 1.54) is 10.8 Å². The molecule has 0 saturated carbocycles. The molecule has 9 aromatic rings. The second kappa shape index (κ2) is 13.0. The maximum Gasteiger partial charge on any atom is 0.0737 e. The molecular formula is C49H31N7. The van der Waals surface area contributed by atoms with Gasteiger partial charge in [0.05, 0.1) is 22.8 Å². The molecule has 2 N–H and O–H groups in total. The van der Waals surface area contributed by atoms with Crippen LogP contribution >= 0.6 is 0 Å². The van der Waals surface area contributed by atoms with Crippen LogP contribution in [0.2, 0.25) is 0 Å². The van der Waals surface area contributed by atoms with Crippen LogP contribution in [0.1, 0.15) is 22.8 Å². The molecule has 7 nitrogen and oxygen atoms in total. The third kappa shape index (κ3) is 5.25. The maximum atomic E-state index is 5.53. The highest BCUT2D eigenvalue weighted by Crippen LogP contribution is 2.42. The second-order valence-electron chi connectivity index (χ2n) is 13.9. The number of H-pyrrole nitrogens is 2. The molecular weight excluding hydrogens is 687 g/mol. The van der Waals surface area contributed by atoms with E-state index in [4.69, 9.17) is 9.97 Å². The van der Waals surface area contributed by atoms with Crippen molar-refractivity contribution in [3.05, 3.63) is 175 Å². The summed E-state index contributed by atoms with van der Waals surface area (Å²) >= 11 is 0. The fourth-order valence-electron chi connectivity index (χ4n) is 8.22. The summed E-state index contributed by atoms with van der Waals surface area (Å²) in [6, 6.07) is 40.3. The zero-order valence-electron chi connectivity index (χ0n) is 30.0. The maximum absolute atomic E-state index is 5.53. The van der Waals surface area contributed by atoms with Gasteiger partial charge < -0.3 is 9.97 Å². The smallest absolute Gasteiger partial charge is 0.0737 e. The van der Waals surface area contributed by atoms with Crippen molar-refractivity contribution in [3.8, 4) is 44.5 Å². The molecule has 56 heavy (non-hydrogen) atoms. The van der Waals surface area contributed by atoms with E-state index in [0.717, 1.165) is 100 Å². The zero-order valence-corrected chi connectivity index (χ0v) is 30.0. The molecule has 6 aromatic heterocycles. The van der Waals surface area contributed by atoms with Crippen molar-refractivity contribution in [2.45, 2.75) is 0 Å². The fraction of sp³-hybridized carbons (Fsp3) is 0. The van der Waals surface area contributed by atoms with Gasteiger partial charge in [-0.2, -0.15) is 0 Å². The van der Waals surface area contributed by atoms with Crippen LogP contribution in [0.5, 0.6) is 0 Å². The molecule has 0 atom stereocenters. The molecule has 11 rings (SSSR count). The first-order chi connectivity index (χ1) is 27.8. The van der Waals surface area contributed by atoms with Crippen molar-refractivity contribution < 1.29 is 0 Å². The predicted octanol–water partition coefficient (Wildman–Crippen LogP) is 11.8. The Morgan fingerprint density at radius 2 is 0.661 bits per heavy atom. The van der Waals surface area contributed by atoms with Gasteiger partial charge in [-0.05, 0) is 129 Å². The van der Waals surface area contributed by atoms with Crippen molar-refractivity contribution in [1.82, 2.24) is 34.9 Å². The molecule has 2 aliphatic rings. The zero-order chi connectivity index (χ0) is 37.0. The van der Waals surface area contributed by atoms with Crippen molar-refractivity contribution in [1.29, 1.82) is 0 Å². The topological polar surface area (TPSA) is 96.0 Å². The lowest BCUT2D eigenvalue weighted by Crippen LogP contribution is -1.91. The number of pyridine rings is 3. The van der Waals surface area contributed by atoms with Gasteiger partial charge in [0.2, 0.25) is 0 Å². The Balaban J connectivity index is 1.36. The average molecular weight is 718 g/mol. The number of nitrogens with one attached hydrogen (secondary N) is 2. The highest BCUT2D eigenvalue weighted by molar-refractivity contribution is 6.16. The van der Waals surface area contributed by atoms with E-state index in [0.29, 0.717) is 0 Å². The van der Waals surface area contributed by atoms with Gasteiger partial charge in [0.1, 0.15) is 0 Å². The van der Waals surface area contributed by atoms with E-state index in [1.807, 2.05) is 73.6 Å². The Morgan fingerprint density at radius 3 is 1.05 bits per heavy atom. The monoisotopic (exact) mass is 717 g/mol. The summed E-state index contributed by atoms with van der Waals surface area (Å²) < 4.78 is 0. The van der Waals surface area contributed by atoms with Gasteiger partial charge >= 0.3 is 0 Å². The van der Waals surface area contributed by atoms with Gasteiger partial charge in [0.25, 0.3) is 0 Å². The van der Waals surface area contributed by atoms with Crippen LogP contribution in [-0.4, -0.2) is 34.9 Å². The van der Waals surface area contributed by atoms with Gasteiger partial charge in [0, 0.05) is 87.1 Å². The molecule has 0 fully saturated rings. The number of rotatable bonds is 4. The molecule has 0 spiro atoms. The Kier molecular flexibility index (Phi) is 7.35. The SMILES string of the molecule is C1=Cc2nc1c(-c1ccncc1)c1ccc([nH]1)c(-c1ccncc1)c1nc(c(-c3c4ccccc4cc4ccccc34)c3ccc([nH]3)c2-c2ccncc2)C=C1. The summed E-state index contributed by atoms with van der Waals surface area (Å²) in [5.41, 5.74) is 15.3. The molecule has 0 amide bonds. The van der Waals surface area contributed by atoms with Crippen LogP contribution in [0.3, 0.4) is 0 Å². The molecule has 0 radical (unpaired) electrons. The summed E-state index contributed by atoms with van der Waals surface area (Å²) in [4.78, 5) is 31.6. The third-order valence-corrected chi connectivity index (χ3v) is 10.7. The molecule has 2 aliphatic heterocycles. The second-order valence-corrected chi connectivity index (χ2v) is 13.9. The van der Waals surface area contributed by atoms with Crippen LogP contribution in [-0.2, 0) is 0 Å². The van der Waals surface area contributed by atoms with E-state index >= 15 is 0 Å². The standard InChI is InChI=1S/C49H31N7/c1-3-7-35-33(5-1)29-34-6-2-4-8-36(34)48(35)49-43-15-13-41(55-43)46(31-19-25-51-26-20-31)39-11-9-37(53-39)45(30-17-23-50-24-18-30)38-10-12-40(54-38)47(32-21-27-52-28-22-32)42-14-16-44(49)56-42/h1-29,53,56H. The first kappa shape index (κ1) is 31.7. The average Bonchev–Trinajstić information content (AvgIpc) is 4.10. The molecule has 0 saturated heterocycles. The number of aromatic nitrogens is 7. The predicted molar refractivity (Wildman–Crippen MR) is 229 cm³/mol. The van der Waals surface area contributed by atoms with E-state index in [1.54, 1.807) is 0 Å². The highest BCUT2D eigenvalue weighted by atomic mass is 14.8. The number of nitrogens with zero attached hydrogens (tertiary/aromatic N) is 5. The van der Waals surface area contributed by atoms with Crippen LogP contribution < -0.4 is 0 Å². The number of hydrogen-bond donors (Lipinski definition) is 2. The summed E-state index contributed by atoms with van der Waals surface area (Å²) in [5.74, 6) is 0. The quantitative estimate of drug-likeness (QED) is 0.177. The van der Waals surface area contributed by atoms with Gasteiger partial charge in [0.15, 0.2) is 0 Å². The minimum absolute atomic E-state index is 0.846. The van der Waals surface area contributed by atoms with Crippen LogP contribution in [0.15, 0.2) is 152 Å². The lowest BCUT2D eigenvalue weighted by Gasteiger charge is -2.13. The van der Waals surface area contributed by atoms with Crippen molar-refractivity contribution >= 4 is 67.9 Å². The molecule has 8 bridgehead atoms. The molecule has 7 heteroatoms. The third-order valence-electron chi connectivity index (χ3n) is 10.7. The van der Waals surface area contributed by atoms with Crippen LogP contribution in [0.4, 0.5) is 0 Å². The molecule has 3 aromatic carbocycles. The van der Waals surface area contributed by atoms with E-state index < -0.39 is 0 Å². The first-order valence-corrected chi connectivity index (χ1v) is 18.6. The van der Waals surface area contributed by atoms with Crippen LogP contribution in [0.25, 0.3) is 112 Å². The Bertz CT molecular complexity index is 3140. The van der Waals surface area contributed by atoms with Crippen molar-refractivity contribution in [2.24, 2.45) is 0 Å². The number of fused-ring (bicyclic) bond motifs is 10. The fourth-order valence-corrected chi connectivity index (χ4v) is 8.22. The van der Waals surface area contributed by atoms with Crippen LogP contribution in [0, 0.1) is 0 Å². The summed E-state index contributed by atoms with van der Waals surface area (Å²) in [6.45, 7) is 0. The summed E-state index contributed by atoms with van der Waals surface area (Å²) in [5, 5.41) is 4.65. The number of aromatic amines is 2. The molecule has 0 aliphatic carbocycles. The summed E-state index contributed by atoms with van der Waals surface area (Å²) in [7, 11) is 0. The molecule has 0 unspecified atom stereocenters. The summed E-state index contributed by atoms with van der Waals surface area (Å²) in [6.07, 6.45) is 19.5. The number of benzene rings is 3. The Labute approximate surface area is 321 Å². The largest absolute Gasteiger partial charge is 0.354 e. The first-order valence-electron chi connectivity index (χ1n) is 18.6. The van der Waals surface area contributed by atoms with Gasteiger partial charge in [-0.25, -0.2) is 9.97 Å². The minimum Gasteiger partial charge on any atom is -0.354 e. The molecule has 8 heterocycles. The van der Waals surface area contributed by atoms with E-state index in [9.17, 15) is 0 Å². The van der Waals surface area contributed by atoms with Crippen molar-refractivity contribution in [3.63, 3.8) is 0 Å². The van der Waals surface area contributed by atoms with E-state index in [-0.39, 0.29) is 0 Å². The normalized spacial score (nSPS) is 12.1. The number of hydrogen-bond acceptors (Lipinski definition) is 5. The molecule has 262 valence electrons. The lowest BCUT2D eigenvalue weighted by molar-refractivity contribution is 1.29. The van der Waals surface area contributed by atoms with Gasteiger partial charge in [-0.3, -0.25) is 15.0 Å². The van der Waals surface area contributed by atoms with E-state index in [2.05, 4.69) is 128 Å².